The van der Waals surface area contributed by atoms with Gasteiger partial charge in [-0.15, -0.1) is 0 Å². The molecule has 0 unspecified atom stereocenters. The van der Waals surface area contributed by atoms with E-state index < -0.39 is 11.6 Å². The molecule has 2 heterocycles. The summed E-state index contributed by atoms with van der Waals surface area (Å²) < 4.78 is 6.69. The van der Waals surface area contributed by atoms with E-state index in [2.05, 4.69) is 13.8 Å². The van der Waals surface area contributed by atoms with Crippen molar-refractivity contribution in [1.29, 1.82) is 0 Å². The summed E-state index contributed by atoms with van der Waals surface area (Å²) >= 11 is 0. The van der Waals surface area contributed by atoms with Crippen LogP contribution >= 0.6 is 0 Å². The predicted octanol–water partition coefficient (Wildman–Crippen LogP) is 4.07. The number of ether oxygens (including phenoxy) is 1. The number of carboxylic acids is 1. The summed E-state index contributed by atoms with van der Waals surface area (Å²) in [5, 5.41) is 9.60. The molecule has 9 atom stereocenters. The van der Waals surface area contributed by atoms with Crippen molar-refractivity contribution in [1.82, 2.24) is 0 Å². The van der Waals surface area contributed by atoms with Crippen LogP contribution in [-0.4, -0.2) is 28.6 Å². The number of ketones is 1. The average molecular weight is 360 g/mol. The lowest BCUT2D eigenvalue weighted by atomic mass is 9.40. The number of Topliss-reactive ketones (excluding diaryl/α,β-unsaturated/α-hetero) is 1. The fourth-order valence-electron chi connectivity index (χ4n) is 8.65. The number of carboxylic acid groups (broad SMARTS) is 1. The van der Waals surface area contributed by atoms with E-state index in [1.165, 1.54) is 6.42 Å². The maximum atomic E-state index is 13.8. The third-order valence-electron chi connectivity index (χ3n) is 9.90. The molecule has 6 fully saturated rings. The normalized spacial score (nSPS) is 56.0. The minimum atomic E-state index is -0.715. The Morgan fingerprint density at radius 3 is 2.62 bits per heavy atom. The first kappa shape index (κ1) is 17.2. The highest BCUT2D eigenvalue weighted by Crippen LogP contribution is 2.72. The molecular formula is C22H32O4. The minimum Gasteiger partial charge on any atom is -0.481 e. The topological polar surface area (TPSA) is 63.6 Å². The summed E-state index contributed by atoms with van der Waals surface area (Å²) in [5.41, 5.74) is -0.740. The molecule has 144 valence electrons. The lowest BCUT2D eigenvalue weighted by Gasteiger charge is -2.70. The van der Waals surface area contributed by atoms with Gasteiger partial charge in [0, 0.05) is 11.8 Å². The average Bonchev–Trinajstić information content (AvgIpc) is 2.90. The molecule has 4 bridgehead atoms. The third kappa shape index (κ3) is 1.76. The first-order valence-corrected chi connectivity index (χ1v) is 10.7. The van der Waals surface area contributed by atoms with Gasteiger partial charge in [0.2, 0.25) is 0 Å². The Balaban J connectivity index is 1.58. The first-order valence-electron chi connectivity index (χ1n) is 10.7. The van der Waals surface area contributed by atoms with E-state index >= 15 is 0 Å². The van der Waals surface area contributed by atoms with Gasteiger partial charge < -0.3 is 9.84 Å². The predicted molar refractivity (Wildman–Crippen MR) is 96.5 cm³/mol. The summed E-state index contributed by atoms with van der Waals surface area (Å²) in [6, 6.07) is 0. The van der Waals surface area contributed by atoms with Crippen molar-refractivity contribution < 1.29 is 19.4 Å². The van der Waals surface area contributed by atoms with Crippen LogP contribution in [0, 0.1) is 40.4 Å². The summed E-state index contributed by atoms with van der Waals surface area (Å²) in [5.74, 6) is 0.693. The molecule has 0 aromatic carbocycles. The van der Waals surface area contributed by atoms with E-state index in [0.29, 0.717) is 30.0 Å². The Morgan fingerprint density at radius 2 is 1.88 bits per heavy atom. The Bertz CT molecular complexity index is 673. The van der Waals surface area contributed by atoms with Crippen molar-refractivity contribution in [2.24, 2.45) is 40.4 Å². The molecule has 2 aliphatic heterocycles. The van der Waals surface area contributed by atoms with Gasteiger partial charge in [0.1, 0.15) is 5.60 Å². The number of carbonyl (C=O) groups excluding carboxylic acids is 1. The number of carbonyl (C=O) groups is 2. The zero-order valence-corrected chi connectivity index (χ0v) is 16.3. The maximum Gasteiger partial charge on any atom is 0.306 e. The van der Waals surface area contributed by atoms with Crippen LogP contribution in [0.15, 0.2) is 0 Å². The number of aliphatic carboxylic acids is 1. The van der Waals surface area contributed by atoms with Gasteiger partial charge in [0.05, 0.1) is 12.0 Å². The third-order valence-corrected chi connectivity index (χ3v) is 9.90. The quantitative estimate of drug-likeness (QED) is 0.806. The van der Waals surface area contributed by atoms with E-state index in [0.717, 1.165) is 38.5 Å². The van der Waals surface area contributed by atoms with Crippen molar-refractivity contribution in [3.63, 3.8) is 0 Å². The standard InChI is InChI=1S/C22H32O4/c1-12(19(24)25)15-6-7-16-17-5-4-13-10-14-8-9-21(13,3)22(17,26-14)18(23)11-20(15,16)2/h12-17H,4-11H2,1-3H3,(H,24,25)/t12-,13-,14+,15-,16+,17+,20+,21-,22-/m0/s1. The van der Waals surface area contributed by atoms with E-state index in [1.54, 1.807) is 0 Å². The Kier molecular flexibility index (Phi) is 3.39. The fourth-order valence-corrected chi connectivity index (χ4v) is 8.65. The van der Waals surface area contributed by atoms with Crippen LogP contribution in [0.2, 0.25) is 0 Å². The molecule has 6 rings (SSSR count). The van der Waals surface area contributed by atoms with Gasteiger partial charge in [-0.3, -0.25) is 9.59 Å². The molecule has 4 heteroatoms. The highest BCUT2D eigenvalue weighted by atomic mass is 16.5. The van der Waals surface area contributed by atoms with Gasteiger partial charge in [-0.1, -0.05) is 20.8 Å². The summed E-state index contributed by atoms with van der Waals surface area (Å²) in [6.45, 7) is 6.40. The molecule has 0 radical (unpaired) electrons. The molecule has 0 amide bonds. The molecule has 2 saturated heterocycles. The SMILES string of the molecule is C[C@H](C(=O)O)[C@@H]1CC[C@@H]2[C@H]3CC[C@H]4C[C@H]5CC[C@]4(C)[C@@]3(O5)C(=O)C[C@@]21C. The van der Waals surface area contributed by atoms with Gasteiger partial charge in [-0.25, -0.2) is 0 Å². The number of hydrogen-bond donors (Lipinski definition) is 1. The molecule has 0 aromatic heterocycles. The molecule has 4 nitrogen and oxygen atoms in total. The highest BCUT2D eigenvalue weighted by Gasteiger charge is 2.74. The van der Waals surface area contributed by atoms with E-state index in [1.807, 2.05) is 6.92 Å². The van der Waals surface area contributed by atoms with E-state index in [9.17, 15) is 14.7 Å². The van der Waals surface area contributed by atoms with Crippen molar-refractivity contribution in [2.75, 3.05) is 0 Å². The smallest absolute Gasteiger partial charge is 0.306 e. The highest BCUT2D eigenvalue weighted by molar-refractivity contribution is 5.91. The molecule has 6 aliphatic rings. The van der Waals surface area contributed by atoms with Gasteiger partial charge >= 0.3 is 5.97 Å². The van der Waals surface area contributed by atoms with Gasteiger partial charge in [-0.05, 0) is 74.0 Å². The van der Waals surface area contributed by atoms with Crippen molar-refractivity contribution in [3.05, 3.63) is 0 Å². The summed E-state index contributed by atoms with van der Waals surface area (Å²) in [7, 11) is 0. The second kappa shape index (κ2) is 5.12. The van der Waals surface area contributed by atoms with Crippen molar-refractivity contribution >= 4 is 11.8 Å². The zero-order valence-electron chi connectivity index (χ0n) is 16.3. The zero-order chi connectivity index (χ0) is 18.5. The second-order valence-electron chi connectivity index (χ2n) is 10.6. The maximum absolute atomic E-state index is 13.8. The van der Waals surface area contributed by atoms with Crippen molar-refractivity contribution in [3.8, 4) is 0 Å². The van der Waals surface area contributed by atoms with Crippen LogP contribution in [-0.2, 0) is 14.3 Å². The lowest BCUT2D eigenvalue weighted by Crippen LogP contribution is -2.75. The van der Waals surface area contributed by atoms with E-state index in [-0.39, 0.29) is 28.8 Å². The molecule has 4 saturated carbocycles. The molecule has 1 N–H and O–H groups in total. The monoisotopic (exact) mass is 360 g/mol. The van der Waals surface area contributed by atoms with Crippen molar-refractivity contribution in [2.45, 2.75) is 83.8 Å². The fraction of sp³-hybridized carbons (Fsp3) is 0.909. The number of fused-ring (bicyclic) bond motifs is 3. The van der Waals surface area contributed by atoms with Crippen LogP contribution in [0.4, 0.5) is 0 Å². The van der Waals surface area contributed by atoms with Gasteiger partial charge in [0.15, 0.2) is 5.78 Å². The van der Waals surface area contributed by atoms with Gasteiger partial charge in [-0.2, -0.15) is 0 Å². The summed E-state index contributed by atoms with van der Waals surface area (Å²) in [4.78, 5) is 25.5. The minimum absolute atomic E-state index is 0.000416. The Morgan fingerprint density at radius 1 is 1.15 bits per heavy atom. The molecule has 4 aliphatic carbocycles. The Hall–Kier alpha value is -0.900. The molecule has 0 aromatic rings. The number of hydrogen-bond acceptors (Lipinski definition) is 3. The summed E-state index contributed by atoms with van der Waals surface area (Å²) in [6.07, 6.45) is 8.48. The van der Waals surface area contributed by atoms with Gasteiger partial charge in [0.25, 0.3) is 0 Å². The van der Waals surface area contributed by atoms with Crippen LogP contribution < -0.4 is 0 Å². The van der Waals surface area contributed by atoms with Crippen LogP contribution in [0.3, 0.4) is 0 Å². The van der Waals surface area contributed by atoms with Crippen LogP contribution in [0.1, 0.15) is 72.1 Å². The first-order chi connectivity index (χ1) is 12.2. The second-order valence-corrected chi connectivity index (χ2v) is 10.6. The molecule has 1 spiro atoms. The van der Waals surface area contributed by atoms with Crippen LogP contribution in [0.25, 0.3) is 0 Å². The van der Waals surface area contributed by atoms with Crippen LogP contribution in [0.5, 0.6) is 0 Å². The Labute approximate surface area is 156 Å². The largest absolute Gasteiger partial charge is 0.481 e. The molecular weight excluding hydrogens is 328 g/mol. The van der Waals surface area contributed by atoms with E-state index in [4.69, 9.17) is 4.74 Å². The number of rotatable bonds is 2. The lowest BCUT2D eigenvalue weighted by molar-refractivity contribution is -0.307. The molecule has 26 heavy (non-hydrogen) atoms.